The number of nitrogens with one attached hydrogen (secondary N) is 1. The Balaban J connectivity index is 4.01. The molecular formula is C13H29N3O2. The Labute approximate surface area is 111 Å². The highest BCUT2D eigenvalue weighted by Gasteiger charge is 2.19. The minimum absolute atomic E-state index is 0.178. The van der Waals surface area contributed by atoms with Crippen molar-refractivity contribution in [2.24, 2.45) is 0 Å². The fourth-order valence-electron chi connectivity index (χ4n) is 1.74. The first-order chi connectivity index (χ1) is 8.51. The Hall–Kier alpha value is -0.650. The molecule has 0 aromatic heterocycles. The van der Waals surface area contributed by atoms with E-state index >= 15 is 0 Å². The van der Waals surface area contributed by atoms with Gasteiger partial charge in [-0.1, -0.05) is 6.92 Å². The van der Waals surface area contributed by atoms with Gasteiger partial charge in [0.15, 0.2) is 0 Å². The van der Waals surface area contributed by atoms with Crippen molar-refractivity contribution < 1.29 is 9.53 Å². The van der Waals surface area contributed by atoms with E-state index in [1.807, 2.05) is 7.05 Å². The molecule has 0 aromatic carbocycles. The molecule has 0 aliphatic carbocycles. The van der Waals surface area contributed by atoms with Crippen LogP contribution in [0.3, 0.4) is 0 Å². The van der Waals surface area contributed by atoms with E-state index in [1.165, 1.54) is 7.11 Å². The van der Waals surface area contributed by atoms with Crippen molar-refractivity contribution in [1.29, 1.82) is 0 Å². The fourth-order valence-corrected chi connectivity index (χ4v) is 1.74. The van der Waals surface area contributed by atoms with Crippen LogP contribution in [0.1, 0.15) is 19.8 Å². The van der Waals surface area contributed by atoms with E-state index < -0.39 is 0 Å². The summed E-state index contributed by atoms with van der Waals surface area (Å²) in [7, 11) is 7.62. The highest BCUT2D eigenvalue weighted by Crippen LogP contribution is 1.96. The lowest BCUT2D eigenvalue weighted by Crippen LogP contribution is -2.46. The molecule has 0 fully saturated rings. The average molecular weight is 259 g/mol. The molecule has 5 nitrogen and oxygen atoms in total. The van der Waals surface area contributed by atoms with E-state index in [0.29, 0.717) is 6.54 Å². The molecule has 0 aliphatic rings. The van der Waals surface area contributed by atoms with E-state index in [4.69, 9.17) is 4.74 Å². The minimum atomic E-state index is -0.223. The van der Waals surface area contributed by atoms with Crippen molar-refractivity contribution >= 4 is 5.97 Å². The van der Waals surface area contributed by atoms with Gasteiger partial charge in [-0.05, 0) is 53.6 Å². The number of nitrogens with zero attached hydrogens (tertiary/aromatic N) is 2. The summed E-state index contributed by atoms with van der Waals surface area (Å²) in [6, 6.07) is -0.223. The van der Waals surface area contributed by atoms with Gasteiger partial charge < -0.3 is 19.9 Å². The van der Waals surface area contributed by atoms with E-state index in [9.17, 15) is 4.79 Å². The zero-order valence-corrected chi connectivity index (χ0v) is 12.5. The zero-order valence-electron chi connectivity index (χ0n) is 12.5. The molecule has 1 unspecified atom stereocenters. The van der Waals surface area contributed by atoms with E-state index in [-0.39, 0.29) is 12.0 Å². The second kappa shape index (κ2) is 10.3. The predicted molar refractivity (Wildman–Crippen MR) is 74.8 cm³/mol. The molecule has 0 amide bonds. The lowest BCUT2D eigenvalue weighted by molar-refractivity contribution is -0.143. The van der Waals surface area contributed by atoms with Gasteiger partial charge in [-0.25, -0.2) is 0 Å². The maximum atomic E-state index is 11.6. The molecule has 1 atom stereocenters. The summed E-state index contributed by atoms with van der Waals surface area (Å²) < 4.78 is 4.82. The third-order valence-corrected chi connectivity index (χ3v) is 2.77. The van der Waals surface area contributed by atoms with Gasteiger partial charge in [0.05, 0.1) is 7.11 Å². The van der Waals surface area contributed by atoms with E-state index in [0.717, 1.165) is 32.5 Å². The number of rotatable bonds is 10. The van der Waals surface area contributed by atoms with Gasteiger partial charge in [0.1, 0.15) is 6.04 Å². The van der Waals surface area contributed by atoms with Crippen LogP contribution < -0.4 is 5.32 Å². The number of esters is 1. The summed E-state index contributed by atoms with van der Waals surface area (Å²) in [4.78, 5) is 16.0. The minimum Gasteiger partial charge on any atom is -0.468 e. The first-order valence-corrected chi connectivity index (χ1v) is 6.65. The van der Waals surface area contributed by atoms with Crippen LogP contribution in [0.15, 0.2) is 0 Å². The summed E-state index contributed by atoms with van der Waals surface area (Å²) in [5.41, 5.74) is 0. The summed E-state index contributed by atoms with van der Waals surface area (Å²) >= 11 is 0. The lowest BCUT2D eigenvalue weighted by Gasteiger charge is -2.23. The molecule has 0 heterocycles. The van der Waals surface area contributed by atoms with Crippen LogP contribution in [0.25, 0.3) is 0 Å². The van der Waals surface area contributed by atoms with Crippen LogP contribution in [-0.4, -0.2) is 76.2 Å². The van der Waals surface area contributed by atoms with E-state index in [1.54, 1.807) is 0 Å². The molecule has 0 saturated carbocycles. The third-order valence-electron chi connectivity index (χ3n) is 2.77. The summed E-state index contributed by atoms with van der Waals surface area (Å²) in [5, 5.41) is 3.22. The quantitative estimate of drug-likeness (QED) is 0.576. The van der Waals surface area contributed by atoms with Crippen molar-refractivity contribution in [3.63, 3.8) is 0 Å². The van der Waals surface area contributed by atoms with Crippen molar-refractivity contribution in [1.82, 2.24) is 15.1 Å². The molecule has 18 heavy (non-hydrogen) atoms. The molecule has 0 aromatic rings. The lowest BCUT2D eigenvalue weighted by atomic mass is 10.2. The Morgan fingerprint density at radius 2 is 1.94 bits per heavy atom. The highest BCUT2D eigenvalue weighted by atomic mass is 16.5. The highest BCUT2D eigenvalue weighted by molar-refractivity contribution is 5.75. The topological polar surface area (TPSA) is 44.8 Å². The van der Waals surface area contributed by atoms with Crippen molar-refractivity contribution in [3.05, 3.63) is 0 Å². The van der Waals surface area contributed by atoms with Crippen molar-refractivity contribution in [2.45, 2.75) is 25.8 Å². The standard InChI is InChI=1S/C13H29N3O2/c1-6-8-14-12(13(17)18-5)11-16(4)10-7-9-15(2)3/h12,14H,6-11H2,1-5H3. The van der Waals surface area contributed by atoms with Crippen LogP contribution in [0.2, 0.25) is 0 Å². The van der Waals surface area contributed by atoms with Crippen LogP contribution in [0.5, 0.6) is 0 Å². The largest absolute Gasteiger partial charge is 0.468 e. The SMILES string of the molecule is CCCNC(CN(C)CCCN(C)C)C(=O)OC. The molecule has 0 saturated heterocycles. The second-order valence-corrected chi connectivity index (χ2v) is 4.95. The molecule has 5 heteroatoms. The van der Waals surface area contributed by atoms with Gasteiger partial charge in [-0.3, -0.25) is 4.79 Å². The number of carbonyl (C=O) groups is 1. The summed E-state index contributed by atoms with van der Waals surface area (Å²) in [6.45, 7) is 5.67. The molecule has 1 N–H and O–H groups in total. The van der Waals surface area contributed by atoms with Crippen LogP contribution in [0, 0.1) is 0 Å². The predicted octanol–water partition coefficient (Wildman–Crippen LogP) is 0.411. The normalized spacial score (nSPS) is 13.1. The summed E-state index contributed by atoms with van der Waals surface area (Å²) in [5.74, 6) is -0.178. The molecule has 0 bridgehead atoms. The number of hydrogen-bond donors (Lipinski definition) is 1. The molecule has 0 spiro atoms. The van der Waals surface area contributed by atoms with Gasteiger partial charge in [-0.2, -0.15) is 0 Å². The fraction of sp³-hybridized carbons (Fsp3) is 0.923. The van der Waals surface area contributed by atoms with Crippen molar-refractivity contribution in [3.8, 4) is 0 Å². The Morgan fingerprint density at radius 1 is 1.28 bits per heavy atom. The number of likely N-dealkylation sites (N-methyl/N-ethyl adjacent to an activating group) is 1. The zero-order chi connectivity index (χ0) is 14.0. The van der Waals surface area contributed by atoms with Crippen molar-refractivity contribution in [2.75, 3.05) is 54.4 Å². The van der Waals surface area contributed by atoms with Gasteiger partial charge in [0.2, 0.25) is 0 Å². The molecule has 0 rings (SSSR count). The third kappa shape index (κ3) is 8.44. The maximum Gasteiger partial charge on any atom is 0.324 e. The molecule has 0 aliphatic heterocycles. The number of ether oxygens (including phenoxy) is 1. The first kappa shape index (κ1) is 17.4. The Kier molecular flexibility index (Phi) is 9.92. The van der Waals surface area contributed by atoms with Gasteiger partial charge in [0.25, 0.3) is 0 Å². The summed E-state index contributed by atoms with van der Waals surface area (Å²) in [6.07, 6.45) is 2.11. The van der Waals surface area contributed by atoms with E-state index in [2.05, 4.69) is 36.1 Å². The smallest absolute Gasteiger partial charge is 0.324 e. The molecular weight excluding hydrogens is 230 g/mol. The number of methoxy groups -OCH3 is 1. The molecule has 108 valence electrons. The Morgan fingerprint density at radius 3 is 2.44 bits per heavy atom. The maximum absolute atomic E-state index is 11.6. The van der Waals surface area contributed by atoms with Gasteiger partial charge in [-0.15, -0.1) is 0 Å². The molecule has 0 radical (unpaired) electrons. The number of carbonyl (C=O) groups excluding carboxylic acids is 1. The number of hydrogen-bond acceptors (Lipinski definition) is 5. The Bertz CT molecular complexity index is 222. The average Bonchev–Trinajstić information content (AvgIpc) is 2.32. The monoisotopic (exact) mass is 259 g/mol. The first-order valence-electron chi connectivity index (χ1n) is 6.65. The van der Waals surface area contributed by atoms with Gasteiger partial charge in [0, 0.05) is 6.54 Å². The second-order valence-electron chi connectivity index (χ2n) is 4.95. The van der Waals surface area contributed by atoms with Crippen LogP contribution in [-0.2, 0) is 9.53 Å². The van der Waals surface area contributed by atoms with Gasteiger partial charge >= 0.3 is 5.97 Å². The van der Waals surface area contributed by atoms with Crippen LogP contribution in [0.4, 0.5) is 0 Å². The van der Waals surface area contributed by atoms with Crippen LogP contribution >= 0.6 is 0 Å².